The molecular weight excluding hydrogens is 310 g/mol. The molecular formula is C16H21N5OS. The molecule has 2 aromatic rings. The van der Waals surface area contributed by atoms with E-state index in [9.17, 15) is 4.79 Å². The highest BCUT2D eigenvalue weighted by Gasteiger charge is 2.29. The van der Waals surface area contributed by atoms with Crippen LogP contribution in [-0.2, 0) is 11.3 Å². The first-order valence-electron chi connectivity index (χ1n) is 7.68. The standard InChI is InChI=1S/C16H21N5OS/c1-11-5-3-4-6-12(11)9-20(2)14(22)10-23-16-19-18-15(17)21(16)13-7-8-13/h3-6,13H,7-10H2,1-2H3,(H2,17,18). The number of hydrogen-bond acceptors (Lipinski definition) is 5. The Labute approximate surface area is 140 Å². The number of nitrogens with zero attached hydrogens (tertiary/aromatic N) is 4. The molecule has 6 nitrogen and oxygen atoms in total. The summed E-state index contributed by atoms with van der Waals surface area (Å²) in [6.45, 7) is 2.67. The van der Waals surface area contributed by atoms with Gasteiger partial charge in [-0.25, -0.2) is 0 Å². The van der Waals surface area contributed by atoms with Crippen LogP contribution in [0.4, 0.5) is 5.95 Å². The highest BCUT2D eigenvalue weighted by molar-refractivity contribution is 7.99. The Kier molecular flexibility index (Phi) is 4.56. The Hall–Kier alpha value is -2.02. The average Bonchev–Trinajstić information content (AvgIpc) is 3.30. The van der Waals surface area contributed by atoms with Gasteiger partial charge in [0.1, 0.15) is 0 Å². The molecule has 1 heterocycles. The summed E-state index contributed by atoms with van der Waals surface area (Å²) in [6.07, 6.45) is 2.22. The predicted molar refractivity (Wildman–Crippen MR) is 91.1 cm³/mol. The van der Waals surface area contributed by atoms with E-state index in [1.807, 2.05) is 23.7 Å². The van der Waals surface area contributed by atoms with E-state index in [0.29, 0.717) is 24.3 Å². The molecule has 1 saturated carbocycles. The molecule has 0 radical (unpaired) electrons. The lowest BCUT2D eigenvalue weighted by Crippen LogP contribution is -2.28. The molecule has 0 saturated heterocycles. The summed E-state index contributed by atoms with van der Waals surface area (Å²) in [7, 11) is 1.83. The molecule has 23 heavy (non-hydrogen) atoms. The first-order chi connectivity index (χ1) is 11.1. The molecule has 122 valence electrons. The van der Waals surface area contributed by atoms with Crippen molar-refractivity contribution >= 4 is 23.6 Å². The molecule has 1 aliphatic rings. The fourth-order valence-electron chi connectivity index (χ4n) is 2.43. The van der Waals surface area contributed by atoms with Crippen molar-refractivity contribution in [1.29, 1.82) is 0 Å². The monoisotopic (exact) mass is 331 g/mol. The average molecular weight is 331 g/mol. The maximum atomic E-state index is 12.4. The van der Waals surface area contributed by atoms with Crippen LogP contribution >= 0.6 is 11.8 Å². The third-order valence-corrected chi connectivity index (χ3v) is 4.95. The Morgan fingerprint density at radius 1 is 1.39 bits per heavy atom. The van der Waals surface area contributed by atoms with E-state index in [0.717, 1.165) is 18.0 Å². The molecule has 0 atom stereocenters. The quantitative estimate of drug-likeness (QED) is 0.822. The van der Waals surface area contributed by atoms with Gasteiger partial charge < -0.3 is 10.6 Å². The Morgan fingerprint density at radius 2 is 2.13 bits per heavy atom. The highest BCUT2D eigenvalue weighted by atomic mass is 32.2. The molecule has 1 amide bonds. The zero-order valence-electron chi connectivity index (χ0n) is 13.4. The summed E-state index contributed by atoms with van der Waals surface area (Å²) in [6, 6.07) is 8.52. The Morgan fingerprint density at radius 3 is 2.83 bits per heavy atom. The van der Waals surface area contributed by atoms with E-state index in [1.165, 1.54) is 22.9 Å². The number of nitrogen functional groups attached to an aromatic ring is 1. The van der Waals surface area contributed by atoms with Crippen molar-refractivity contribution in [2.75, 3.05) is 18.5 Å². The van der Waals surface area contributed by atoms with Crippen LogP contribution in [0.25, 0.3) is 0 Å². The van der Waals surface area contributed by atoms with Crippen LogP contribution in [0.1, 0.15) is 30.0 Å². The molecule has 0 unspecified atom stereocenters. The van der Waals surface area contributed by atoms with Crippen LogP contribution in [0.15, 0.2) is 29.4 Å². The van der Waals surface area contributed by atoms with Crippen LogP contribution in [0.3, 0.4) is 0 Å². The van der Waals surface area contributed by atoms with Crippen LogP contribution in [-0.4, -0.2) is 38.4 Å². The number of hydrogen-bond donors (Lipinski definition) is 1. The second kappa shape index (κ2) is 6.62. The summed E-state index contributed by atoms with van der Waals surface area (Å²) in [5, 5.41) is 8.75. The summed E-state index contributed by atoms with van der Waals surface area (Å²) in [4.78, 5) is 14.1. The lowest BCUT2D eigenvalue weighted by atomic mass is 10.1. The second-order valence-corrected chi connectivity index (χ2v) is 6.85. The summed E-state index contributed by atoms with van der Waals surface area (Å²) in [5.41, 5.74) is 8.21. The Bertz CT molecular complexity index is 710. The number of amides is 1. The van der Waals surface area contributed by atoms with Crippen molar-refractivity contribution in [2.24, 2.45) is 0 Å². The van der Waals surface area contributed by atoms with Crippen LogP contribution < -0.4 is 5.73 Å². The summed E-state index contributed by atoms with van der Waals surface area (Å²) in [5.74, 6) is 0.852. The minimum atomic E-state index is 0.0715. The number of anilines is 1. The number of aryl methyl sites for hydroxylation is 1. The topological polar surface area (TPSA) is 77.0 Å². The van der Waals surface area contributed by atoms with Gasteiger partial charge >= 0.3 is 0 Å². The molecule has 1 fully saturated rings. The third-order valence-electron chi connectivity index (χ3n) is 4.02. The van der Waals surface area contributed by atoms with Crippen LogP contribution in [0.2, 0.25) is 0 Å². The largest absolute Gasteiger partial charge is 0.368 e. The van der Waals surface area contributed by atoms with Crippen LogP contribution in [0.5, 0.6) is 0 Å². The molecule has 2 N–H and O–H groups in total. The molecule has 0 aliphatic heterocycles. The normalized spacial score (nSPS) is 14.0. The number of benzene rings is 1. The van der Waals surface area contributed by atoms with Gasteiger partial charge in [0, 0.05) is 19.6 Å². The van der Waals surface area contributed by atoms with Gasteiger partial charge in [-0.15, -0.1) is 10.2 Å². The fourth-order valence-corrected chi connectivity index (χ4v) is 3.38. The third kappa shape index (κ3) is 3.67. The van der Waals surface area contributed by atoms with Gasteiger partial charge in [0.15, 0.2) is 5.16 Å². The molecule has 0 bridgehead atoms. The van der Waals surface area contributed by atoms with E-state index in [4.69, 9.17) is 5.73 Å². The van der Waals surface area contributed by atoms with E-state index < -0.39 is 0 Å². The molecule has 3 rings (SSSR count). The zero-order chi connectivity index (χ0) is 16.4. The van der Waals surface area contributed by atoms with Crippen molar-refractivity contribution in [3.05, 3.63) is 35.4 Å². The number of rotatable bonds is 6. The number of carbonyl (C=O) groups is 1. The first-order valence-corrected chi connectivity index (χ1v) is 8.66. The molecule has 1 aromatic heterocycles. The summed E-state index contributed by atoms with van der Waals surface area (Å²) < 4.78 is 1.94. The molecule has 1 aromatic carbocycles. The van der Waals surface area contributed by atoms with Gasteiger partial charge in [0.25, 0.3) is 0 Å². The fraction of sp³-hybridized carbons (Fsp3) is 0.438. The van der Waals surface area contributed by atoms with Crippen molar-refractivity contribution in [3.63, 3.8) is 0 Å². The van der Waals surface area contributed by atoms with Crippen LogP contribution in [0, 0.1) is 6.92 Å². The number of aromatic nitrogens is 3. The second-order valence-electron chi connectivity index (χ2n) is 5.91. The highest BCUT2D eigenvalue weighted by Crippen LogP contribution is 2.39. The van der Waals surface area contributed by atoms with Crippen molar-refractivity contribution in [1.82, 2.24) is 19.7 Å². The van der Waals surface area contributed by atoms with Gasteiger partial charge in [0.05, 0.1) is 5.75 Å². The van der Waals surface area contributed by atoms with E-state index in [2.05, 4.69) is 29.3 Å². The smallest absolute Gasteiger partial charge is 0.233 e. The SMILES string of the molecule is Cc1ccccc1CN(C)C(=O)CSc1nnc(N)n1C1CC1. The van der Waals surface area contributed by atoms with Crippen molar-refractivity contribution in [2.45, 2.75) is 37.5 Å². The number of thioether (sulfide) groups is 1. The minimum absolute atomic E-state index is 0.0715. The molecule has 7 heteroatoms. The van der Waals surface area contributed by atoms with Crippen molar-refractivity contribution < 1.29 is 4.79 Å². The number of carbonyl (C=O) groups excluding carboxylic acids is 1. The predicted octanol–water partition coefficient (Wildman–Crippen LogP) is 2.25. The van der Waals surface area contributed by atoms with Gasteiger partial charge in [0.2, 0.25) is 11.9 Å². The van der Waals surface area contributed by atoms with E-state index in [-0.39, 0.29) is 5.91 Å². The Balaban J connectivity index is 1.58. The summed E-state index contributed by atoms with van der Waals surface area (Å²) >= 11 is 1.41. The maximum absolute atomic E-state index is 12.4. The first kappa shape index (κ1) is 15.9. The zero-order valence-corrected chi connectivity index (χ0v) is 14.2. The van der Waals surface area contributed by atoms with E-state index in [1.54, 1.807) is 4.90 Å². The van der Waals surface area contributed by atoms with Gasteiger partial charge in [-0.1, -0.05) is 36.0 Å². The lowest BCUT2D eigenvalue weighted by molar-refractivity contribution is -0.127. The minimum Gasteiger partial charge on any atom is -0.368 e. The van der Waals surface area contributed by atoms with Gasteiger partial charge in [-0.3, -0.25) is 9.36 Å². The molecule has 1 aliphatic carbocycles. The van der Waals surface area contributed by atoms with Gasteiger partial charge in [-0.2, -0.15) is 0 Å². The van der Waals surface area contributed by atoms with E-state index >= 15 is 0 Å². The lowest BCUT2D eigenvalue weighted by Gasteiger charge is -2.18. The van der Waals surface area contributed by atoms with Gasteiger partial charge in [-0.05, 0) is 30.9 Å². The molecule has 0 spiro atoms. The number of nitrogens with two attached hydrogens (primary N) is 1. The maximum Gasteiger partial charge on any atom is 0.233 e. The van der Waals surface area contributed by atoms with Crippen molar-refractivity contribution in [3.8, 4) is 0 Å².